The second kappa shape index (κ2) is 6.52. The van der Waals surface area contributed by atoms with Crippen LogP contribution in [-0.4, -0.2) is 12.5 Å². The fourth-order valence-corrected chi connectivity index (χ4v) is 1.37. The molecule has 3 heteroatoms. The van der Waals surface area contributed by atoms with E-state index in [9.17, 15) is 4.79 Å². The smallest absolute Gasteiger partial charge is 0.224 e. The molecule has 1 aromatic rings. The van der Waals surface area contributed by atoms with Gasteiger partial charge in [-0.25, -0.2) is 0 Å². The van der Waals surface area contributed by atoms with Crippen molar-refractivity contribution in [1.82, 2.24) is 5.32 Å². The third kappa shape index (κ3) is 4.52. The predicted molar refractivity (Wildman–Crippen MR) is 65.6 cm³/mol. The summed E-state index contributed by atoms with van der Waals surface area (Å²) in [6.07, 6.45) is 6.98. The highest BCUT2D eigenvalue weighted by Crippen LogP contribution is 2.06. The van der Waals surface area contributed by atoms with Crippen LogP contribution in [0.4, 0.5) is 5.69 Å². The van der Waals surface area contributed by atoms with Gasteiger partial charge in [0, 0.05) is 18.7 Å². The molecule has 1 rings (SSSR count). The van der Waals surface area contributed by atoms with E-state index < -0.39 is 0 Å². The van der Waals surface area contributed by atoms with Crippen molar-refractivity contribution >= 4 is 11.6 Å². The fourth-order valence-electron chi connectivity index (χ4n) is 1.37. The molecule has 0 saturated heterocycles. The van der Waals surface area contributed by atoms with Crippen LogP contribution < -0.4 is 11.1 Å². The summed E-state index contributed by atoms with van der Waals surface area (Å²) in [5.41, 5.74) is 7.22. The number of carbonyl (C=O) groups is 1. The van der Waals surface area contributed by atoms with Gasteiger partial charge in [0.25, 0.3) is 0 Å². The van der Waals surface area contributed by atoms with Crippen LogP contribution in [0.3, 0.4) is 0 Å². The van der Waals surface area contributed by atoms with Gasteiger partial charge in [0.05, 0.1) is 6.42 Å². The minimum Gasteiger partial charge on any atom is -0.399 e. The van der Waals surface area contributed by atoms with Crippen molar-refractivity contribution in [2.24, 2.45) is 0 Å². The normalized spacial score (nSPS) is 9.44. The maximum atomic E-state index is 11.5. The summed E-state index contributed by atoms with van der Waals surface area (Å²) in [6.45, 7) is 0.630. The number of rotatable bonds is 5. The Bertz CT molecular complexity index is 393. The molecule has 0 saturated carbocycles. The standard InChI is InChI=1S/C13H16N2O/c1-2-3-4-8-15-13(16)10-11-6-5-7-12(14)9-11/h1,5-7,9H,3-4,8,10,14H2,(H,15,16). The van der Waals surface area contributed by atoms with E-state index in [1.807, 2.05) is 12.1 Å². The lowest BCUT2D eigenvalue weighted by Gasteiger charge is -2.04. The first-order valence-electron chi connectivity index (χ1n) is 5.27. The number of benzene rings is 1. The maximum absolute atomic E-state index is 11.5. The second-order valence-corrected chi connectivity index (χ2v) is 3.58. The molecule has 3 N–H and O–H groups in total. The largest absolute Gasteiger partial charge is 0.399 e. The van der Waals surface area contributed by atoms with Gasteiger partial charge in [0.1, 0.15) is 0 Å². The third-order valence-corrected chi connectivity index (χ3v) is 2.14. The van der Waals surface area contributed by atoms with Crippen LogP contribution in [0.25, 0.3) is 0 Å². The topological polar surface area (TPSA) is 55.1 Å². The van der Waals surface area contributed by atoms with E-state index in [1.165, 1.54) is 0 Å². The number of amides is 1. The SMILES string of the molecule is C#CCCCNC(=O)Cc1cccc(N)c1. The number of carbonyl (C=O) groups excluding carboxylic acids is 1. The van der Waals surface area contributed by atoms with Crippen molar-refractivity contribution < 1.29 is 4.79 Å². The first-order valence-corrected chi connectivity index (χ1v) is 5.27. The Morgan fingerprint density at radius 2 is 2.31 bits per heavy atom. The molecule has 0 fully saturated rings. The van der Waals surface area contributed by atoms with Crippen LogP contribution in [0.1, 0.15) is 18.4 Å². The molecule has 0 heterocycles. The molecule has 16 heavy (non-hydrogen) atoms. The molecule has 1 aromatic carbocycles. The molecule has 0 aliphatic heterocycles. The van der Waals surface area contributed by atoms with E-state index >= 15 is 0 Å². The lowest BCUT2D eigenvalue weighted by molar-refractivity contribution is -0.120. The minimum atomic E-state index is 0.00243. The van der Waals surface area contributed by atoms with Gasteiger partial charge in [-0.1, -0.05) is 12.1 Å². The number of hydrogen-bond donors (Lipinski definition) is 2. The minimum absolute atomic E-state index is 0.00243. The monoisotopic (exact) mass is 216 g/mol. The molecule has 0 atom stereocenters. The van der Waals surface area contributed by atoms with Crippen molar-refractivity contribution in [3.8, 4) is 12.3 Å². The van der Waals surface area contributed by atoms with Crippen molar-refractivity contribution in [3.05, 3.63) is 29.8 Å². The summed E-state index contributed by atoms with van der Waals surface area (Å²) >= 11 is 0. The van der Waals surface area contributed by atoms with Gasteiger partial charge >= 0.3 is 0 Å². The Labute approximate surface area is 96.0 Å². The summed E-state index contributed by atoms with van der Waals surface area (Å²) in [5, 5.41) is 2.81. The Balaban J connectivity index is 2.32. The Morgan fingerprint density at radius 3 is 3.00 bits per heavy atom. The Morgan fingerprint density at radius 1 is 1.50 bits per heavy atom. The van der Waals surface area contributed by atoms with Crippen molar-refractivity contribution in [1.29, 1.82) is 0 Å². The van der Waals surface area contributed by atoms with E-state index in [4.69, 9.17) is 12.2 Å². The summed E-state index contributed by atoms with van der Waals surface area (Å²) in [7, 11) is 0. The molecule has 1 amide bonds. The van der Waals surface area contributed by atoms with Gasteiger partial charge in [0.15, 0.2) is 0 Å². The van der Waals surface area contributed by atoms with E-state index in [0.717, 1.165) is 12.0 Å². The van der Waals surface area contributed by atoms with Crippen LogP contribution >= 0.6 is 0 Å². The molecule has 0 spiro atoms. The van der Waals surface area contributed by atoms with Gasteiger partial charge in [0.2, 0.25) is 5.91 Å². The van der Waals surface area contributed by atoms with Gasteiger partial charge < -0.3 is 11.1 Å². The summed E-state index contributed by atoms with van der Waals surface area (Å²) in [5.74, 6) is 2.53. The zero-order valence-electron chi connectivity index (χ0n) is 9.20. The molecule has 0 aromatic heterocycles. The third-order valence-electron chi connectivity index (χ3n) is 2.14. The number of terminal acetylenes is 1. The van der Waals surface area contributed by atoms with E-state index in [0.29, 0.717) is 25.1 Å². The molecule has 3 nitrogen and oxygen atoms in total. The number of nitrogen functional groups attached to an aromatic ring is 1. The maximum Gasteiger partial charge on any atom is 0.224 e. The molecule has 0 aliphatic carbocycles. The van der Waals surface area contributed by atoms with Crippen LogP contribution in [0.2, 0.25) is 0 Å². The summed E-state index contributed by atoms with van der Waals surface area (Å²) < 4.78 is 0. The molecule has 0 bridgehead atoms. The van der Waals surface area contributed by atoms with Crippen molar-refractivity contribution in [3.63, 3.8) is 0 Å². The quantitative estimate of drug-likeness (QED) is 0.443. The lowest BCUT2D eigenvalue weighted by Crippen LogP contribution is -2.26. The average molecular weight is 216 g/mol. The highest BCUT2D eigenvalue weighted by Gasteiger charge is 2.02. The number of anilines is 1. The fraction of sp³-hybridized carbons (Fsp3) is 0.308. The van der Waals surface area contributed by atoms with Gasteiger partial charge in [-0.15, -0.1) is 12.3 Å². The van der Waals surface area contributed by atoms with Gasteiger partial charge in [-0.2, -0.15) is 0 Å². The highest BCUT2D eigenvalue weighted by atomic mass is 16.1. The second-order valence-electron chi connectivity index (χ2n) is 3.58. The van der Waals surface area contributed by atoms with Crippen molar-refractivity contribution in [2.45, 2.75) is 19.3 Å². The first kappa shape index (κ1) is 12.1. The van der Waals surface area contributed by atoms with E-state index in [-0.39, 0.29) is 5.91 Å². The Kier molecular flexibility index (Phi) is 4.94. The molecular weight excluding hydrogens is 200 g/mol. The van der Waals surface area contributed by atoms with Gasteiger partial charge in [-0.3, -0.25) is 4.79 Å². The van der Waals surface area contributed by atoms with Crippen LogP contribution in [0.5, 0.6) is 0 Å². The van der Waals surface area contributed by atoms with E-state index in [1.54, 1.807) is 12.1 Å². The number of nitrogens with one attached hydrogen (secondary N) is 1. The first-order chi connectivity index (χ1) is 7.72. The summed E-state index contributed by atoms with van der Waals surface area (Å²) in [4.78, 5) is 11.5. The average Bonchev–Trinajstić information content (AvgIpc) is 2.24. The molecular formula is C13H16N2O. The van der Waals surface area contributed by atoms with Gasteiger partial charge in [-0.05, 0) is 24.1 Å². The van der Waals surface area contributed by atoms with Crippen LogP contribution in [0.15, 0.2) is 24.3 Å². The zero-order valence-corrected chi connectivity index (χ0v) is 9.20. The highest BCUT2D eigenvalue weighted by molar-refractivity contribution is 5.78. The molecule has 84 valence electrons. The lowest BCUT2D eigenvalue weighted by atomic mass is 10.1. The molecule has 0 unspecified atom stereocenters. The Hall–Kier alpha value is -1.95. The number of nitrogens with two attached hydrogens (primary N) is 1. The van der Waals surface area contributed by atoms with E-state index in [2.05, 4.69) is 11.2 Å². The zero-order chi connectivity index (χ0) is 11.8. The number of unbranched alkanes of at least 4 members (excludes halogenated alkanes) is 1. The predicted octanol–water partition coefficient (Wildman–Crippen LogP) is 1.34. The van der Waals surface area contributed by atoms with Crippen LogP contribution in [-0.2, 0) is 11.2 Å². The summed E-state index contributed by atoms with van der Waals surface area (Å²) in [6, 6.07) is 7.34. The van der Waals surface area contributed by atoms with Crippen molar-refractivity contribution in [2.75, 3.05) is 12.3 Å². The molecule has 0 aliphatic rings. The molecule has 0 radical (unpaired) electrons. The van der Waals surface area contributed by atoms with Crippen LogP contribution in [0, 0.1) is 12.3 Å². The number of hydrogen-bond acceptors (Lipinski definition) is 2.